The van der Waals surface area contributed by atoms with E-state index in [0.29, 0.717) is 6.61 Å². The molecule has 1 aliphatic heterocycles. The third kappa shape index (κ3) is 3.01. The van der Waals surface area contributed by atoms with Gasteiger partial charge in [-0.05, 0) is 49.4 Å². The van der Waals surface area contributed by atoms with Gasteiger partial charge in [-0.15, -0.1) is 0 Å². The second-order valence-electron chi connectivity index (χ2n) is 5.75. The van der Waals surface area contributed by atoms with Gasteiger partial charge in [-0.1, -0.05) is 0 Å². The number of furan rings is 1. The van der Waals surface area contributed by atoms with Crippen LogP contribution in [0.1, 0.15) is 11.1 Å². The predicted molar refractivity (Wildman–Crippen MR) is 92.3 cm³/mol. The highest BCUT2D eigenvalue weighted by Crippen LogP contribution is 2.37. The summed E-state index contributed by atoms with van der Waals surface area (Å²) in [7, 11) is 1.64. The summed E-state index contributed by atoms with van der Waals surface area (Å²) in [6.45, 7) is 2.72. The summed E-state index contributed by atoms with van der Waals surface area (Å²) in [6, 6.07) is 13.3. The smallest absolute Gasteiger partial charge is 0.231 e. The van der Waals surface area contributed by atoms with Crippen molar-refractivity contribution in [2.75, 3.05) is 13.9 Å². The van der Waals surface area contributed by atoms with E-state index in [1.807, 2.05) is 49.4 Å². The SMILES string of the molecule is COc1ccc(OCc2coc(-c3ccc4c(c3)OCO4)c2C)cc1. The van der Waals surface area contributed by atoms with Gasteiger partial charge in [0.1, 0.15) is 23.9 Å². The molecular weight excluding hydrogens is 320 g/mol. The summed E-state index contributed by atoms with van der Waals surface area (Å²) in [5.74, 6) is 3.90. The zero-order valence-electron chi connectivity index (χ0n) is 14.1. The molecule has 0 fully saturated rings. The van der Waals surface area contributed by atoms with Crippen molar-refractivity contribution in [3.63, 3.8) is 0 Å². The molecule has 0 N–H and O–H groups in total. The number of hydrogen-bond donors (Lipinski definition) is 0. The summed E-state index contributed by atoms with van der Waals surface area (Å²) in [4.78, 5) is 0. The van der Waals surface area contributed by atoms with Gasteiger partial charge in [0.2, 0.25) is 6.79 Å². The van der Waals surface area contributed by atoms with E-state index < -0.39 is 0 Å². The van der Waals surface area contributed by atoms with Crippen molar-refractivity contribution >= 4 is 0 Å². The Balaban J connectivity index is 1.50. The van der Waals surface area contributed by atoms with Gasteiger partial charge < -0.3 is 23.4 Å². The fourth-order valence-electron chi connectivity index (χ4n) is 2.75. The van der Waals surface area contributed by atoms with Crippen LogP contribution < -0.4 is 18.9 Å². The molecule has 0 saturated carbocycles. The molecule has 0 amide bonds. The lowest BCUT2D eigenvalue weighted by molar-refractivity contribution is 0.174. The molecule has 2 aromatic carbocycles. The summed E-state index contributed by atoms with van der Waals surface area (Å²) < 4.78 is 27.5. The van der Waals surface area contributed by atoms with Crippen LogP contribution in [0.3, 0.4) is 0 Å². The fraction of sp³-hybridized carbons (Fsp3) is 0.200. The molecule has 0 bridgehead atoms. The number of rotatable bonds is 5. The van der Waals surface area contributed by atoms with E-state index in [1.54, 1.807) is 13.4 Å². The molecule has 0 radical (unpaired) electrons. The van der Waals surface area contributed by atoms with Crippen LogP contribution in [0.15, 0.2) is 53.1 Å². The van der Waals surface area contributed by atoms with Crippen LogP contribution in [0.25, 0.3) is 11.3 Å². The van der Waals surface area contributed by atoms with E-state index >= 15 is 0 Å². The van der Waals surface area contributed by atoms with Crippen LogP contribution in [-0.4, -0.2) is 13.9 Å². The molecule has 3 aromatic rings. The van der Waals surface area contributed by atoms with E-state index in [9.17, 15) is 0 Å². The topological polar surface area (TPSA) is 50.1 Å². The molecule has 1 aromatic heterocycles. The molecule has 4 rings (SSSR count). The van der Waals surface area contributed by atoms with E-state index in [1.165, 1.54) is 0 Å². The minimum Gasteiger partial charge on any atom is -0.497 e. The quantitative estimate of drug-likeness (QED) is 0.682. The molecule has 0 spiro atoms. The lowest BCUT2D eigenvalue weighted by Gasteiger charge is -2.07. The second kappa shape index (κ2) is 6.43. The Hall–Kier alpha value is -3.08. The first kappa shape index (κ1) is 15.4. The molecule has 128 valence electrons. The number of ether oxygens (including phenoxy) is 4. The van der Waals surface area contributed by atoms with Crippen molar-refractivity contribution in [3.8, 4) is 34.3 Å². The minimum atomic E-state index is 0.261. The van der Waals surface area contributed by atoms with Crippen LogP contribution in [0, 0.1) is 6.92 Å². The van der Waals surface area contributed by atoms with E-state index in [2.05, 4.69) is 0 Å². The molecular formula is C20H18O5. The minimum absolute atomic E-state index is 0.261. The van der Waals surface area contributed by atoms with Crippen molar-refractivity contribution in [1.82, 2.24) is 0 Å². The van der Waals surface area contributed by atoms with Crippen LogP contribution in [0.4, 0.5) is 0 Å². The lowest BCUT2D eigenvalue weighted by Crippen LogP contribution is -1.96. The van der Waals surface area contributed by atoms with Crippen LogP contribution in [-0.2, 0) is 6.61 Å². The van der Waals surface area contributed by atoms with Crippen molar-refractivity contribution in [2.24, 2.45) is 0 Å². The van der Waals surface area contributed by atoms with Crippen LogP contribution in [0.2, 0.25) is 0 Å². The third-order valence-electron chi connectivity index (χ3n) is 4.23. The Morgan fingerprint density at radius 1 is 0.960 bits per heavy atom. The average molecular weight is 338 g/mol. The van der Waals surface area contributed by atoms with Gasteiger partial charge in [0.15, 0.2) is 11.5 Å². The summed E-state index contributed by atoms with van der Waals surface area (Å²) >= 11 is 0. The van der Waals surface area contributed by atoms with Gasteiger partial charge in [0, 0.05) is 16.7 Å². The lowest BCUT2D eigenvalue weighted by atomic mass is 10.1. The molecule has 0 saturated heterocycles. The maximum absolute atomic E-state index is 5.84. The normalized spacial score (nSPS) is 12.2. The molecule has 5 nitrogen and oxygen atoms in total. The Labute approximate surface area is 145 Å². The van der Waals surface area contributed by atoms with Gasteiger partial charge in [0.25, 0.3) is 0 Å². The van der Waals surface area contributed by atoms with Crippen molar-refractivity contribution in [1.29, 1.82) is 0 Å². The average Bonchev–Trinajstić information content (AvgIpc) is 3.26. The van der Waals surface area contributed by atoms with Gasteiger partial charge in [-0.2, -0.15) is 0 Å². The highest BCUT2D eigenvalue weighted by atomic mass is 16.7. The maximum Gasteiger partial charge on any atom is 0.231 e. The highest BCUT2D eigenvalue weighted by molar-refractivity contribution is 5.66. The van der Waals surface area contributed by atoms with Crippen LogP contribution in [0.5, 0.6) is 23.0 Å². The number of hydrogen-bond acceptors (Lipinski definition) is 5. The van der Waals surface area contributed by atoms with E-state index in [-0.39, 0.29) is 6.79 Å². The van der Waals surface area contributed by atoms with Crippen LogP contribution >= 0.6 is 0 Å². The van der Waals surface area contributed by atoms with E-state index in [0.717, 1.165) is 45.4 Å². The second-order valence-corrected chi connectivity index (χ2v) is 5.75. The Morgan fingerprint density at radius 3 is 2.52 bits per heavy atom. The third-order valence-corrected chi connectivity index (χ3v) is 4.23. The number of benzene rings is 2. The number of methoxy groups -OCH3 is 1. The Kier molecular flexibility index (Phi) is 3.98. The molecule has 0 aliphatic carbocycles. The molecule has 0 unspecified atom stereocenters. The predicted octanol–water partition coefficient (Wildman–Crippen LogP) is 4.57. The maximum atomic E-state index is 5.84. The zero-order chi connectivity index (χ0) is 17.2. The van der Waals surface area contributed by atoms with E-state index in [4.69, 9.17) is 23.4 Å². The summed E-state index contributed by atoms with van der Waals surface area (Å²) in [6.07, 6.45) is 1.73. The summed E-state index contributed by atoms with van der Waals surface area (Å²) in [5, 5.41) is 0. The fourth-order valence-corrected chi connectivity index (χ4v) is 2.75. The molecule has 0 atom stereocenters. The molecule has 25 heavy (non-hydrogen) atoms. The van der Waals surface area contributed by atoms with Gasteiger partial charge >= 0.3 is 0 Å². The Bertz CT molecular complexity index is 880. The zero-order valence-corrected chi connectivity index (χ0v) is 14.1. The summed E-state index contributed by atoms with van der Waals surface area (Å²) in [5.41, 5.74) is 3.01. The molecule has 2 heterocycles. The first-order valence-corrected chi connectivity index (χ1v) is 7.98. The van der Waals surface area contributed by atoms with Gasteiger partial charge in [-0.25, -0.2) is 0 Å². The first-order chi connectivity index (χ1) is 12.2. The molecule has 5 heteroatoms. The van der Waals surface area contributed by atoms with Crippen molar-refractivity contribution in [3.05, 3.63) is 59.9 Å². The van der Waals surface area contributed by atoms with Gasteiger partial charge in [0.05, 0.1) is 13.4 Å². The highest BCUT2D eigenvalue weighted by Gasteiger charge is 2.17. The standard InChI is InChI=1S/C20H18O5/c1-13-15(10-22-17-6-4-16(21-2)5-7-17)11-23-20(13)14-3-8-18-19(9-14)25-12-24-18/h3-9,11H,10,12H2,1-2H3. The monoisotopic (exact) mass is 338 g/mol. The molecule has 1 aliphatic rings. The van der Waals surface area contributed by atoms with Gasteiger partial charge in [-0.3, -0.25) is 0 Å². The number of fused-ring (bicyclic) bond motifs is 1. The largest absolute Gasteiger partial charge is 0.497 e. The van der Waals surface area contributed by atoms with Crippen molar-refractivity contribution < 1.29 is 23.4 Å². The van der Waals surface area contributed by atoms with Crippen molar-refractivity contribution in [2.45, 2.75) is 13.5 Å². The Morgan fingerprint density at radius 2 is 1.72 bits per heavy atom. The first-order valence-electron chi connectivity index (χ1n) is 7.98.